The van der Waals surface area contributed by atoms with Gasteiger partial charge in [0.1, 0.15) is 23.6 Å². The van der Waals surface area contributed by atoms with Crippen molar-refractivity contribution in [2.45, 2.75) is 55.6 Å². The number of nitro benzene ring substituents is 1. The van der Waals surface area contributed by atoms with E-state index in [1.807, 2.05) is 0 Å². The number of fused-ring (bicyclic) bond motifs is 1. The summed E-state index contributed by atoms with van der Waals surface area (Å²) < 4.78 is 10.9. The number of nitrogens with zero attached hydrogens (tertiary/aromatic N) is 3. The van der Waals surface area contributed by atoms with E-state index in [0.29, 0.717) is 17.9 Å². The molecule has 2 aromatic rings. The topological polar surface area (TPSA) is 170 Å². The third-order valence-electron chi connectivity index (χ3n) is 5.82. The second-order valence-electron chi connectivity index (χ2n) is 10.0. The lowest BCUT2D eigenvalue weighted by Crippen LogP contribution is -2.69. The lowest BCUT2D eigenvalue weighted by molar-refractivity contribution is -0.384. The number of benzene rings is 1. The largest absolute Gasteiger partial charge is 0.458 e. The average molecular weight is 624 g/mol. The molecule has 2 aliphatic rings. The Bertz CT molecular complexity index is 1380. The first-order valence-corrected chi connectivity index (χ1v) is 14.4. The van der Waals surface area contributed by atoms with Gasteiger partial charge in [0.05, 0.1) is 10.6 Å². The van der Waals surface area contributed by atoms with E-state index in [1.54, 1.807) is 32.9 Å². The van der Waals surface area contributed by atoms with Gasteiger partial charge < -0.3 is 25.0 Å². The number of ether oxygens (including phenoxy) is 2. The van der Waals surface area contributed by atoms with Crippen molar-refractivity contribution in [2.75, 3.05) is 11.9 Å². The molecule has 0 bridgehead atoms. The second kappa shape index (κ2) is 12.5. The summed E-state index contributed by atoms with van der Waals surface area (Å²) in [4.78, 5) is 65.4. The van der Waals surface area contributed by atoms with Crippen LogP contribution < -0.4 is 10.6 Å². The van der Waals surface area contributed by atoms with Gasteiger partial charge in [0.2, 0.25) is 6.41 Å². The summed E-state index contributed by atoms with van der Waals surface area (Å²) in [6.07, 6.45) is 1.04. The van der Waals surface area contributed by atoms with Crippen LogP contribution in [0.1, 0.15) is 38.1 Å². The number of halogens is 1. The molecule has 0 aliphatic carbocycles. The fourth-order valence-electron chi connectivity index (χ4n) is 4.03. The van der Waals surface area contributed by atoms with Gasteiger partial charge in [-0.3, -0.25) is 24.5 Å². The van der Waals surface area contributed by atoms with E-state index < -0.39 is 46.5 Å². The lowest BCUT2D eigenvalue weighted by Gasteiger charge is -2.49. The Labute approximate surface area is 247 Å². The van der Waals surface area contributed by atoms with E-state index in [-0.39, 0.29) is 27.7 Å². The number of hydrogen-bond acceptors (Lipinski definition) is 11. The van der Waals surface area contributed by atoms with Crippen molar-refractivity contribution in [3.8, 4) is 0 Å². The fourth-order valence-corrected chi connectivity index (χ4v) is 6.51. The molecule has 41 heavy (non-hydrogen) atoms. The quantitative estimate of drug-likeness (QED) is 0.125. The summed E-state index contributed by atoms with van der Waals surface area (Å²) in [5.41, 5.74) is 0.167. The van der Waals surface area contributed by atoms with Gasteiger partial charge in [0, 0.05) is 34.0 Å². The number of carbonyl (C=O) groups excluding carboxylic acids is 4. The molecule has 2 N–H and O–H groups in total. The second-order valence-corrected chi connectivity index (χ2v) is 12.6. The summed E-state index contributed by atoms with van der Waals surface area (Å²) in [6.45, 7) is 4.52. The number of nitrogens with one attached hydrogen (secondary N) is 2. The van der Waals surface area contributed by atoms with Crippen molar-refractivity contribution in [3.05, 3.63) is 62.2 Å². The van der Waals surface area contributed by atoms with Crippen molar-refractivity contribution < 1.29 is 33.6 Å². The van der Waals surface area contributed by atoms with Crippen molar-refractivity contribution in [2.24, 2.45) is 0 Å². The summed E-state index contributed by atoms with van der Waals surface area (Å²) in [5.74, 6) is -1.78. The van der Waals surface area contributed by atoms with Gasteiger partial charge in [-0.05, 0) is 32.8 Å². The molecule has 3 amide bonds. The molecule has 0 radical (unpaired) electrons. The Hall–Kier alpha value is -3.53. The van der Waals surface area contributed by atoms with E-state index in [0.717, 1.165) is 16.9 Å². The normalized spacial score (nSPS) is 20.7. The van der Waals surface area contributed by atoms with Crippen LogP contribution in [0.2, 0.25) is 0 Å². The maximum absolute atomic E-state index is 13.4. The fraction of sp³-hybridized carbons (Fsp3) is 0.400. The molecular weight excluding hydrogens is 598 g/mol. The van der Waals surface area contributed by atoms with Crippen LogP contribution in [-0.2, 0) is 35.1 Å². The number of thiazole rings is 1. The van der Waals surface area contributed by atoms with Crippen molar-refractivity contribution >= 4 is 69.7 Å². The molecule has 4 atom stereocenters. The molecular formula is C25H26ClN5O8S2. The molecule has 1 fully saturated rings. The van der Waals surface area contributed by atoms with E-state index in [4.69, 9.17) is 21.1 Å². The van der Waals surface area contributed by atoms with Crippen LogP contribution in [-0.4, -0.2) is 67.9 Å². The summed E-state index contributed by atoms with van der Waals surface area (Å²) in [5, 5.41) is 17.4. The minimum absolute atomic E-state index is 0.0251. The van der Waals surface area contributed by atoms with Crippen LogP contribution in [0.25, 0.3) is 0 Å². The van der Waals surface area contributed by atoms with E-state index in [9.17, 15) is 29.3 Å². The molecule has 0 spiro atoms. The van der Waals surface area contributed by atoms with Gasteiger partial charge >= 0.3 is 5.97 Å². The summed E-state index contributed by atoms with van der Waals surface area (Å²) in [7, 11) is 0. The molecule has 4 rings (SSSR count). The first kappa shape index (κ1) is 30.4. The number of carbonyl (C=O) groups is 4. The first-order chi connectivity index (χ1) is 19.4. The number of non-ortho nitro benzene ring substituents is 1. The predicted octanol–water partition coefficient (Wildman–Crippen LogP) is 3.11. The Morgan fingerprint density at radius 2 is 2.00 bits per heavy atom. The van der Waals surface area contributed by atoms with E-state index in [2.05, 4.69) is 15.6 Å². The third kappa shape index (κ3) is 7.41. The smallest absolute Gasteiger partial charge is 0.332 e. The molecule has 16 heteroatoms. The number of amides is 3. The average Bonchev–Trinajstić information content (AvgIpc) is 3.36. The standard InChI is InChI=1S/C25H26ClN5O8S2/c1-25(2,3)39-18(33)10-38-20(16-11-40-24(28-16)27-12-32)21(34)29-19-22(35)30-9-15(26)17(41-23(19)30)8-13-4-6-14(7-5-13)31(36)37/h4-7,9,11-12,17,19-20,23H,8,10H2,1-3H3,(H,29,34)(H,27,28,32)/t17?,19?,20?,23-/m1/s1. The highest BCUT2D eigenvalue weighted by Crippen LogP contribution is 2.43. The monoisotopic (exact) mass is 623 g/mol. The number of β-lactam (4-membered cyclic amide) rings is 1. The number of esters is 1. The molecule has 1 aromatic heterocycles. The van der Waals surface area contributed by atoms with Crippen LogP contribution >= 0.6 is 34.7 Å². The number of aromatic nitrogens is 1. The zero-order valence-corrected chi connectivity index (χ0v) is 24.5. The number of anilines is 1. The number of hydrogen-bond donors (Lipinski definition) is 2. The summed E-state index contributed by atoms with van der Waals surface area (Å²) >= 11 is 8.88. The zero-order valence-electron chi connectivity index (χ0n) is 22.1. The first-order valence-electron chi connectivity index (χ1n) is 12.2. The minimum atomic E-state index is -1.37. The van der Waals surface area contributed by atoms with E-state index >= 15 is 0 Å². The number of nitro groups is 1. The predicted molar refractivity (Wildman–Crippen MR) is 151 cm³/mol. The van der Waals surface area contributed by atoms with Crippen LogP contribution in [0.5, 0.6) is 0 Å². The molecule has 1 saturated heterocycles. The molecule has 0 saturated carbocycles. The Morgan fingerprint density at radius 3 is 2.63 bits per heavy atom. The molecule has 3 unspecified atom stereocenters. The summed E-state index contributed by atoms with van der Waals surface area (Å²) in [6, 6.07) is 5.21. The molecule has 218 valence electrons. The van der Waals surface area contributed by atoms with Crippen molar-refractivity contribution in [3.63, 3.8) is 0 Å². The highest BCUT2D eigenvalue weighted by Gasteiger charge is 2.52. The van der Waals surface area contributed by atoms with Gasteiger partial charge in [-0.25, -0.2) is 9.78 Å². The van der Waals surface area contributed by atoms with Crippen molar-refractivity contribution in [1.29, 1.82) is 0 Å². The van der Waals surface area contributed by atoms with E-state index in [1.165, 1.54) is 40.4 Å². The Balaban J connectivity index is 1.45. The zero-order chi connectivity index (χ0) is 29.9. The molecule has 1 aromatic carbocycles. The maximum atomic E-state index is 13.4. The number of rotatable bonds is 11. The number of thioether (sulfide) groups is 1. The Morgan fingerprint density at radius 1 is 1.29 bits per heavy atom. The van der Waals surface area contributed by atoms with Crippen LogP contribution in [0.15, 0.2) is 40.9 Å². The van der Waals surface area contributed by atoms with Gasteiger partial charge in [-0.1, -0.05) is 23.7 Å². The minimum Gasteiger partial charge on any atom is -0.458 e. The van der Waals surface area contributed by atoms with Gasteiger partial charge in [-0.2, -0.15) is 0 Å². The van der Waals surface area contributed by atoms with Gasteiger partial charge in [0.25, 0.3) is 17.5 Å². The molecule has 2 aliphatic heterocycles. The highest BCUT2D eigenvalue weighted by molar-refractivity contribution is 8.01. The third-order valence-corrected chi connectivity index (χ3v) is 8.63. The molecule has 3 heterocycles. The van der Waals surface area contributed by atoms with Crippen LogP contribution in [0.4, 0.5) is 10.8 Å². The van der Waals surface area contributed by atoms with Gasteiger partial charge in [0.15, 0.2) is 11.2 Å². The maximum Gasteiger partial charge on any atom is 0.332 e. The lowest BCUT2D eigenvalue weighted by atomic mass is 10.1. The SMILES string of the molecule is CC(C)(C)OC(=O)COC(C(=O)NC1C(=O)N2C=C(Cl)C(Cc3ccc([N+](=O)[O-])cc3)S[C@H]12)c1csc(NC=O)n1. The Kier molecular flexibility index (Phi) is 9.31. The highest BCUT2D eigenvalue weighted by atomic mass is 35.5. The van der Waals surface area contributed by atoms with Crippen LogP contribution in [0, 0.1) is 10.1 Å². The van der Waals surface area contributed by atoms with Gasteiger partial charge in [-0.15, -0.1) is 23.1 Å². The van der Waals surface area contributed by atoms with Crippen LogP contribution in [0.3, 0.4) is 0 Å². The molecule has 13 nitrogen and oxygen atoms in total. The van der Waals surface area contributed by atoms with Crippen molar-refractivity contribution in [1.82, 2.24) is 15.2 Å².